The average Bonchev–Trinajstić information content (AvgIpc) is 2.94. The summed E-state index contributed by atoms with van der Waals surface area (Å²) in [5.74, 6) is 1.44. The van der Waals surface area contributed by atoms with E-state index < -0.39 is 10.0 Å². The molecule has 0 bridgehead atoms. The molecule has 0 unspecified atom stereocenters. The molecule has 22 heavy (non-hydrogen) atoms. The predicted octanol–water partition coefficient (Wildman–Crippen LogP) is 1.68. The van der Waals surface area contributed by atoms with Gasteiger partial charge in [-0.15, -0.1) is 0 Å². The number of nitrogens with two attached hydrogens (primary N) is 1. The van der Waals surface area contributed by atoms with Gasteiger partial charge in [0, 0.05) is 6.21 Å². The summed E-state index contributed by atoms with van der Waals surface area (Å²) < 4.78 is 32.9. The zero-order valence-corrected chi connectivity index (χ0v) is 12.4. The fraction of sp³-hybridized carbons (Fsp3) is 0.133. The van der Waals surface area contributed by atoms with Gasteiger partial charge in [-0.25, -0.2) is 13.6 Å². The van der Waals surface area contributed by atoms with Crippen molar-refractivity contribution in [3.05, 3.63) is 53.6 Å². The minimum Gasteiger partial charge on any atom is -0.454 e. The van der Waals surface area contributed by atoms with Crippen molar-refractivity contribution in [2.75, 3.05) is 6.79 Å². The van der Waals surface area contributed by atoms with Crippen LogP contribution in [0.3, 0.4) is 0 Å². The largest absolute Gasteiger partial charge is 0.454 e. The van der Waals surface area contributed by atoms with Crippen molar-refractivity contribution in [2.24, 2.45) is 10.1 Å². The lowest BCUT2D eigenvalue weighted by Crippen LogP contribution is -2.11. The number of hydrogen-bond donors (Lipinski definition) is 1. The van der Waals surface area contributed by atoms with Gasteiger partial charge in [-0.05, 0) is 41.5 Å². The summed E-state index contributed by atoms with van der Waals surface area (Å²) in [6.45, 7) is 0.686. The minimum absolute atomic E-state index is 0.0935. The van der Waals surface area contributed by atoms with Crippen LogP contribution in [0.4, 0.5) is 0 Å². The van der Waals surface area contributed by atoms with E-state index in [4.69, 9.17) is 14.6 Å². The molecule has 6 nitrogen and oxygen atoms in total. The van der Waals surface area contributed by atoms with Crippen LogP contribution in [-0.4, -0.2) is 21.4 Å². The molecule has 0 fully saturated rings. The first-order valence-corrected chi connectivity index (χ1v) is 8.08. The first-order valence-electron chi connectivity index (χ1n) is 6.53. The molecule has 114 valence electrons. The second-order valence-electron chi connectivity index (χ2n) is 4.77. The maximum atomic E-state index is 11.2. The maximum Gasteiger partial charge on any atom is 0.238 e. The maximum absolute atomic E-state index is 11.2. The Hall–Kier alpha value is -2.38. The molecule has 0 aliphatic carbocycles. The highest BCUT2D eigenvalue weighted by Gasteiger charge is 2.12. The Morgan fingerprint density at radius 1 is 1.09 bits per heavy atom. The molecule has 1 aliphatic heterocycles. The van der Waals surface area contributed by atoms with Gasteiger partial charge < -0.3 is 9.47 Å². The number of fused-ring (bicyclic) bond motifs is 1. The summed E-state index contributed by atoms with van der Waals surface area (Å²) in [6.07, 6.45) is 1.73. The van der Waals surface area contributed by atoms with Crippen LogP contribution < -0.4 is 14.6 Å². The van der Waals surface area contributed by atoms with E-state index in [1.54, 1.807) is 18.3 Å². The summed E-state index contributed by atoms with van der Waals surface area (Å²) in [4.78, 5) is 4.42. The number of sulfonamides is 1. The molecule has 0 saturated carbocycles. The first kappa shape index (κ1) is 14.6. The highest BCUT2D eigenvalue weighted by molar-refractivity contribution is 7.89. The molecule has 0 aromatic heterocycles. The van der Waals surface area contributed by atoms with Crippen LogP contribution in [0.15, 0.2) is 52.4 Å². The zero-order valence-electron chi connectivity index (χ0n) is 11.6. The van der Waals surface area contributed by atoms with Crippen molar-refractivity contribution in [1.29, 1.82) is 0 Å². The molecule has 0 atom stereocenters. The van der Waals surface area contributed by atoms with Crippen LogP contribution in [0.2, 0.25) is 0 Å². The minimum atomic E-state index is -3.65. The monoisotopic (exact) mass is 318 g/mol. The van der Waals surface area contributed by atoms with Crippen LogP contribution in [0.5, 0.6) is 11.5 Å². The number of nitrogens with zero attached hydrogens (tertiary/aromatic N) is 1. The zero-order chi connectivity index (χ0) is 15.6. The van der Waals surface area contributed by atoms with Gasteiger partial charge >= 0.3 is 0 Å². The Labute approximate surface area is 128 Å². The molecule has 7 heteroatoms. The Bertz CT molecular complexity index is 814. The van der Waals surface area contributed by atoms with Gasteiger partial charge in [0.1, 0.15) is 0 Å². The molecule has 0 radical (unpaired) electrons. The third kappa shape index (κ3) is 3.26. The van der Waals surface area contributed by atoms with Gasteiger partial charge in [0.15, 0.2) is 11.5 Å². The van der Waals surface area contributed by atoms with Crippen LogP contribution in [0.1, 0.15) is 11.1 Å². The van der Waals surface area contributed by atoms with Crippen LogP contribution in [0.25, 0.3) is 0 Å². The molecule has 0 saturated heterocycles. The fourth-order valence-electron chi connectivity index (χ4n) is 2.03. The third-order valence-electron chi connectivity index (χ3n) is 3.16. The van der Waals surface area contributed by atoms with Crippen LogP contribution in [0, 0.1) is 0 Å². The van der Waals surface area contributed by atoms with Gasteiger partial charge in [0.2, 0.25) is 16.8 Å². The quantitative estimate of drug-likeness (QED) is 0.868. The Balaban J connectivity index is 1.67. The van der Waals surface area contributed by atoms with E-state index in [-0.39, 0.29) is 11.7 Å². The number of primary sulfonamides is 1. The fourth-order valence-corrected chi connectivity index (χ4v) is 2.55. The van der Waals surface area contributed by atoms with Gasteiger partial charge in [0.05, 0.1) is 11.4 Å². The summed E-state index contributed by atoms with van der Waals surface area (Å²) >= 11 is 0. The number of aliphatic imine (C=N–C) groups is 1. The molecule has 2 aromatic rings. The van der Waals surface area contributed by atoms with E-state index >= 15 is 0 Å². The van der Waals surface area contributed by atoms with Crippen molar-refractivity contribution in [2.45, 2.75) is 11.4 Å². The van der Waals surface area contributed by atoms with Crippen molar-refractivity contribution in [1.82, 2.24) is 0 Å². The summed E-state index contributed by atoms with van der Waals surface area (Å²) in [5.41, 5.74) is 1.80. The van der Waals surface area contributed by atoms with Gasteiger partial charge in [-0.2, -0.15) is 0 Å². The molecule has 2 N–H and O–H groups in total. The molecule has 0 amide bonds. The highest BCUT2D eigenvalue weighted by Crippen LogP contribution is 2.31. The lowest BCUT2D eigenvalue weighted by Gasteiger charge is -2.00. The number of benzene rings is 2. The molecule has 1 aliphatic rings. The van der Waals surface area contributed by atoms with E-state index in [1.807, 2.05) is 18.2 Å². The molecular weight excluding hydrogens is 304 g/mol. The van der Waals surface area contributed by atoms with Gasteiger partial charge in [-0.3, -0.25) is 4.99 Å². The standard InChI is InChI=1S/C15H14N2O4S/c16-22(18,19)13-4-1-11(2-5-13)8-17-9-12-3-6-14-15(7-12)21-10-20-14/h1-7,9H,8,10H2,(H2,16,18,19). The topological polar surface area (TPSA) is 91.0 Å². The van der Waals surface area contributed by atoms with E-state index in [0.29, 0.717) is 12.3 Å². The molecule has 1 heterocycles. The number of rotatable bonds is 4. The van der Waals surface area contributed by atoms with Crippen LogP contribution in [-0.2, 0) is 16.6 Å². The predicted molar refractivity (Wildman–Crippen MR) is 81.7 cm³/mol. The smallest absolute Gasteiger partial charge is 0.238 e. The van der Waals surface area contributed by atoms with E-state index in [0.717, 1.165) is 16.9 Å². The molecular formula is C15H14N2O4S. The van der Waals surface area contributed by atoms with Gasteiger partial charge in [-0.1, -0.05) is 12.1 Å². The molecule has 0 spiro atoms. The number of hydrogen-bond acceptors (Lipinski definition) is 5. The summed E-state index contributed by atoms with van der Waals surface area (Å²) in [5, 5.41) is 5.05. The Morgan fingerprint density at radius 2 is 1.82 bits per heavy atom. The molecule has 2 aromatic carbocycles. The van der Waals surface area contributed by atoms with Crippen molar-refractivity contribution >= 4 is 16.2 Å². The van der Waals surface area contributed by atoms with Crippen molar-refractivity contribution in [3.8, 4) is 11.5 Å². The first-order chi connectivity index (χ1) is 10.5. The van der Waals surface area contributed by atoms with Crippen molar-refractivity contribution in [3.63, 3.8) is 0 Å². The second-order valence-corrected chi connectivity index (χ2v) is 6.33. The summed E-state index contributed by atoms with van der Waals surface area (Å²) in [6, 6.07) is 11.9. The van der Waals surface area contributed by atoms with Crippen LogP contribution >= 0.6 is 0 Å². The average molecular weight is 318 g/mol. The normalized spacial score (nSPS) is 13.7. The Kier molecular flexibility index (Phi) is 3.82. The van der Waals surface area contributed by atoms with E-state index in [2.05, 4.69) is 4.99 Å². The van der Waals surface area contributed by atoms with Gasteiger partial charge in [0.25, 0.3) is 0 Å². The van der Waals surface area contributed by atoms with Crippen molar-refractivity contribution < 1.29 is 17.9 Å². The lowest BCUT2D eigenvalue weighted by molar-refractivity contribution is 0.174. The van der Waals surface area contributed by atoms with E-state index in [1.165, 1.54) is 12.1 Å². The molecule has 3 rings (SSSR count). The lowest BCUT2D eigenvalue weighted by atomic mass is 10.2. The highest BCUT2D eigenvalue weighted by atomic mass is 32.2. The second kappa shape index (κ2) is 5.78. The third-order valence-corrected chi connectivity index (χ3v) is 4.09. The number of ether oxygens (including phenoxy) is 2. The van der Waals surface area contributed by atoms with E-state index in [9.17, 15) is 8.42 Å². The SMILES string of the molecule is NS(=O)(=O)c1ccc(CN=Cc2ccc3c(c2)OCO3)cc1. The Morgan fingerprint density at radius 3 is 2.55 bits per heavy atom. The summed E-state index contributed by atoms with van der Waals surface area (Å²) in [7, 11) is -3.65.